The van der Waals surface area contributed by atoms with Gasteiger partial charge >= 0.3 is 0 Å². The molecule has 3 rings (SSSR count). The van der Waals surface area contributed by atoms with E-state index in [-0.39, 0.29) is 5.56 Å². The van der Waals surface area contributed by atoms with Crippen molar-refractivity contribution in [1.29, 1.82) is 0 Å². The molecular formula is C17H11ClNO. The lowest BCUT2D eigenvalue weighted by atomic mass is 10.0. The number of rotatable bonds is 2. The summed E-state index contributed by atoms with van der Waals surface area (Å²) in [5.41, 5.74) is 3.95. The first-order valence-electron chi connectivity index (χ1n) is 6.19. The van der Waals surface area contributed by atoms with Crippen LogP contribution in [0.15, 0.2) is 65.6 Å². The van der Waals surface area contributed by atoms with Crippen LogP contribution in [-0.2, 0) is 0 Å². The molecule has 0 unspecified atom stereocenters. The molecule has 20 heavy (non-hydrogen) atoms. The van der Waals surface area contributed by atoms with E-state index >= 15 is 0 Å². The molecule has 0 amide bonds. The summed E-state index contributed by atoms with van der Waals surface area (Å²) in [6, 6.07) is 20.1. The van der Waals surface area contributed by atoms with E-state index in [1.54, 1.807) is 12.3 Å². The summed E-state index contributed by atoms with van der Waals surface area (Å²) in [7, 11) is 0. The van der Waals surface area contributed by atoms with Crippen molar-refractivity contribution in [2.24, 2.45) is 0 Å². The fraction of sp³-hybridized carbons (Fsp3) is 0. The van der Waals surface area contributed by atoms with Gasteiger partial charge in [-0.2, -0.15) is 0 Å². The molecule has 2 aromatic carbocycles. The van der Waals surface area contributed by atoms with Gasteiger partial charge in [-0.25, -0.2) is 0 Å². The van der Waals surface area contributed by atoms with E-state index in [1.807, 2.05) is 42.5 Å². The minimum atomic E-state index is -0.101. The Kier molecular flexibility index (Phi) is 3.40. The second kappa shape index (κ2) is 5.35. The Labute approximate surface area is 121 Å². The van der Waals surface area contributed by atoms with Crippen molar-refractivity contribution in [3.8, 4) is 22.3 Å². The van der Waals surface area contributed by atoms with Crippen molar-refractivity contribution >= 4 is 11.6 Å². The molecule has 0 aliphatic heterocycles. The van der Waals surface area contributed by atoms with Crippen molar-refractivity contribution in [1.82, 2.24) is 4.98 Å². The van der Waals surface area contributed by atoms with Gasteiger partial charge in [0.1, 0.15) is 0 Å². The summed E-state index contributed by atoms with van der Waals surface area (Å²) in [6.45, 7) is 0. The summed E-state index contributed by atoms with van der Waals surface area (Å²) in [5.74, 6) is 0. The maximum absolute atomic E-state index is 11.0. The second-order valence-corrected chi connectivity index (χ2v) is 4.88. The molecule has 0 spiro atoms. The van der Waals surface area contributed by atoms with Crippen LogP contribution < -0.4 is 5.56 Å². The highest BCUT2D eigenvalue weighted by atomic mass is 35.5. The van der Waals surface area contributed by atoms with Gasteiger partial charge in [0.2, 0.25) is 5.56 Å². The monoisotopic (exact) mass is 280 g/mol. The number of benzene rings is 2. The van der Waals surface area contributed by atoms with Gasteiger partial charge in [0.25, 0.3) is 0 Å². The number of aromatic nitrogens is 1. The summed E-state index contributed by atoms with van der Waals surface area (Å²) in [5, 5.41) is 0.721. The zero-order chi connectivity index (χ0) is 13.9. The van der Waals surface area contributed by atoms with Crippen molar-refractivity contribution in [2.45, 2.75) is 0 Å². The smallest absolute Gasteiger partial charge is 0.247 e. The van der Waals surface area contributed by atoms with E-state index in [4.69, 9.17) is 11.6 Å². The van der Waals surface area contributed by atoms with E-state index in [0.717, 1.165) is 27.3 Å². The molecule has 97 valence electrons. The van der Waals surface area contributed by atoms with Gasteiger partial charge in [0, 0.05) is 17.3 Å². The van der Waals surface area contributed by atoms with Gasteiger partial charge in [-0.05, 0) is 52.6 Å². The zero-order valence-electron chi connectivity index (χ0n) is 10.6. The molecule has 1 N–H and O–H groups in total. The lowest BCUT2D eigenvalue weighted by molar-refractivity contribution is 1.24. The SMILES string of the molecule is O=c1ccc(-c2c[c]c(-c3ccc(Cl)cc3)cc2)c[nH]1. The highest BCUT2D eigenvalue weighted by Crippen LogP contribution is 2.24. The minimum absolute atomic E-state index is 0.101. The highest BCUT2D eigenvalue weighted by Gasteiger charge is 2.01. The summed E-state index contributed by atoms with van der Waals surface area (Å²) in [6.07, 6.45) is 1.70. The molecule has 0 saturated carbocycles. The number of hydrogen-bond donors (Lipinski definition) is 1. The molecule has 0 bridgehead atoms. The third-order valence-electron chi connectivity index (χ3n) is 3.09. The van der Waals surface area contributed by atoms with Gasteiger partial charge < -0.3 is 4.98 Å². The van der Waals surface area contributed by atoms with Gasteiger partial charge in [-0.1, -0.05) is 35.9 Å². The van der Waals surface area contributed by atoms with E-state index < -0.39 is 0 Å². The molecule has 2 nitrogen and oxygen atoms in total. The molecule has 3 heteroatoms. The van der Waals surface area contributed by atoms with Gasteiger partial charge in [0.05, 0.1) is 0 Å². The van der Waals surface area contributed by atoms with Crippen LogP contribution in [0.2, 0.25) is 5.02 Å². The topological polar surface area (TPSA) is 32.9 Å². The van der Waals surface area contributed by atoms with Crippen LogP contribution >= 0.6 is 11.6 Å². The lowest BCUT2D eigenvalue weighted by Crippen LogP contribution is -2.01. The molecule has 0 saturated heterocycles. The maximum atomic E-state index is 11.0. The molecule has 0 aliphatic carbocycles. The third kappa shape index (κ3) is 2.65. The summed E-state index contributed by atoms with van der Waals surface area (Å²) >= 11 is 5.88. The van der Waals surface area contributed by atoms with Crippen LogP contribution in [0.5, 0.6) is 0 Å². The lowest BCUT2D eigenvalue weighted by Gasteiger charge is -2.04. The predicted molar refractivity (Wildman–Crippen MR) is 81.8 cm³/mol. The number of halogens is 1. The van der Waals surface area contributed by atoms with E-state index in [2.05, 4.69) is 11.1 Å². The second-order valence-electron chi connectivity index (χ2n) is 4.44. The highest BCUT2D eigenvalue weighted by molar-refractivity contribution is 6.30. The van der Waals surface area contributed by atoms with Crippen molar-refractivity contribution < 1.29 is 0 Å². The molecule has 0 fully saturated rings. The first kappa shape index (κ1) is 12.7. The third-order valence-corrected chi connectivity index (χ3v) is 3.34. The average Bonchev–Trinajstić information content (AvgIpc) is 2.49. The largest absolute Gasteiger partial charge is 0.328 e. The standard InChI is InChI=1S/C17H11ClNO/c18-16-8-5-13(6-9-16)12-1-3-14(4-2-12)15-7-10-17(20)19-11-15/h1,3-11H,(H,19,20). The van der Waals surface area contributed by atoms with Crippen LogP contribution in [-0.4, -0.2) is 4.98 Å². The van der Waals surface area contributed by atoms with Crippen LogP contribution in [0.25, 0.3) is 22.3 Å². The normalized spacial score (nSPS) is 10.4. The number of H-pyrrole nitrogens is 1. The number of nitrogens with one attached hydrogen (secondary N) is 1. The Balaban J connectivity index is 1.93. The fourth-order valence-electron chi connectivity index (χ4n) is 2.00. The predicted octanol–water partition coefficient (Wildman–Crippen LogP) is 4.16. The Morgan fingerprint density at radius 3 is 2.15 bits per heavy atom. The molecule has 1 aromatic heterocycles. The Morgan fingerprint density at radius 2 is 1.55 bits per heavy atom. The molecule has 0 atom stereocenters. The molecule has 1 radical (unpaired) electrons. The summed E-state index contributed by atoms with van der Waals surface area (Å²) < 4.78 is 0. The Bertz CT molecular complexity index is 753. The number of pyridine rings is 1. The van der Waals surface area contributed by atoms with Crippen molar-refractivity contribution in [3.63, 3.8) is 0 Å². The first-order valence-corrected chi connectivity index (χ1v) is 6.57. The summed E-state index contributed by atoms with van der Waals surface area (Å²) in [4.78, 5) is 13.7. The first-order chi connectivity index (χ1) is 9.72. The number of hydrogen-bond acceptors (Lipinski definition) is 1. The molecule has 1 heterocycles. The van der Waals surface area contributed by atoms with E-state index in [1.165, 1.54) is 6.07 Å². The van der Waals surface area contributed by atoms with Crippen molar-refractivity contribution in [2.75, 3.05) is 0 Å². The fourth-order valence-corrected chi connectivity index (χ4v) is 2.13. The Morgan fingerprint density at radius 1 is 0.850 bits per heavy atom. The van der Waals surface area contributed by atoms with Crippen LogP contribution in [0.1, 0.15) is 0 Å². The van der Waals surface area contributed by atoms with Gasteiger partial charge in [-0.15, -0.1) is 0 Å². The average molecular weight is 281 g/mol. The van der Waals surface area contributed by atoms with Crippen molar-refractivity contribution in [3.05, 3.63) is 82.2 Å². The number of aromatic amines is 1. The zero-order valence-corrected chi connectivity index (χ0v) is 11.3. The molecule has 0 aliphatic rings. The van der Waals surface area contributed by atoms with Gasteiger partial charge in [0.15, 0.2) is 0 Å². The van der Waals surface area contributed by atoms with Crippen LogP contribution in [0.4, 0.5) is 0 Å². The minimum Gasteiger partial charge on any atom is -0.328 e. The van der Waals surface area contributed by atoms with Crippen LogP contribution in [0.3, 0.4) is 0 Å². The van der Waals surface area contributed by atoms with Crippen LogP contribution in [0, 0.1) is 6.07 Å². The Hall–Kier alpha value is -2.32. The van der Waals surface area contributed by atoms with E-state index in [9.17, 15) is 4.79 Å². The quantitative estimate of drug-likeness (QED) is 0.751. The van der Waals surface area contributed by atoms with E-state index in [0.29, 0.717) is 0 Å². The van der Waals surface area contributed by atoms with Gasteiger partial charge in [-0.3, -0.25) is 4.79 Å². The maximum Gasteiger partial charge on any atom is 0.247 e. The molecular weight excluding hydrogens is 270 g/mol. The molecule has 3 aromatic rings.